The van der Waals surface area contributed by atoms with Crippen molar-refractivity contribution in [3.63, 3.8) is 0 Å². The number of guanidine groups is 1. The Morgan fingerprint density at radius 2 is 2.04 bits per heavy atom. The van der Waals surface area contributed by atoms with E-state index in [-0.39, 0.29) is 11.9 Å². The van der Waals surface area contributed by atoms with Gasteiger partial charge in [0, 0.05) is 32.7 Å². The first-order valence-electron chi connectivity index (χ1n) is 9.84. The molecule has 2 heterocycles. The smallest absolute Gasteiger partial charge is 0.310 e. The number of carbonyl (C=O) groups is 1. The van der Waals surface area contributed by atoms with Crippen molar-refractivity contribution in [1.29, 1.82) is 0 Å². The molecule has 0 aliphatic carbocycles. The molecule has 2 saturated heterocycles. The number of carbonyl (C=O) groups excluding carboxylic acids is 1. The molecule has 3 atom stereocenters. The molecule has 0 amide bonds. The molecule has 2 aliphatic heterocycles. The van der Waals surface area contributed by atoms with Gasteiger partial charge in [-0.3, -0.25) is 9.79 Å². The van der Waals surface area contributed by atoms with Crippen LogP contribution in [0.2, 0.25) is 0 Å². The van der Waals surface area contributed by atoms with Crippen molar-refractivity contribution in [2.45, 2.75) is 52.0 Å². The Morgan fingerprint density at radius 1 is 1.24 bits per heavy atom. The highest BCUT2D eigenvalue weighted by Gasteiger charge is 2.36. The van der Waals surface area contributed by atoms with E-state index in [1.54, 1.807) is 0 Å². The van der Waals surface area contributed by atoms with Gasteiger partial charge in [0.15, 0.2) is 5.96 Å². The van der Waals surface area contributed by atoms with Crippen LogP contribution in [0.4, 0.5) is 0 Å². The van der Waals surface area contributed by atoms with Crippen LogP contribution in [0.25, 0.3) is 0 Å². The molecule has 0 aromatic heterocycles. The number of hydrogen-bond donors (Lipinski definition) is 1. The third-order valence-electron chi connectivity index (χ3n) is 5.72. The molecule has 144 valence electrons. The van der Waals surface area contributed by atoms with Gasteiger partial charge in [-0.2, -0.15) is 0 Å². The fraction of sp³-hybridized carbons (Fsp3) is 0.895. The summed E-state index contributed by atoms with van der Waals surface area (Å²) in [7, 11) is 3.28. The number of nitrogens with zero attached hydrogens (tertiary/aromatic N) is 3. The molecule has 0 spiro atoms. The lowest BCUT2D eigenvalue weighted by Crippen LogP contribution is -2.41. The maximum atomic E-state index is 11.8. The first-order chi connectivity index (χ1) is 12.1. The standard InChI is InChI=1S/C19H36N4O2/c1-15-13-23(14-17(15)18(24)25-4)19(20-3)21-10-6-8-12-22-11-7-5-9-16(22)2/h15-17H,5-14H2,1-4H3,(H,20,21). The third-order valence-corrected chi connectivity index (χ3v) is 5.72. The van der Waals surface area contributed by atoms with Crippen LogP contribution in [0.5, 0.6) is 0 Å². The van der Waals surface area contributed by atoms with Crippen molar-refractivity contribution in [1.82, 2.24) is 15.1 Å². The second-order valence-electron chi connectivity index (χ2n) is 7.57. The highest BCUT2D eigenvalue weighted by molar-refractivity contribution is 5.82. The van der Waals surface area contributed by atoms with E-state index in [1.807, 2.05) is 7.05 Å². The Labute approximate surface area is 153 Å². The quantitative estimate of drug-likeness (QED) is 0.343. The monoisotopic (exact) mass is 352 g/mol. The van der Waals surface area contributed by atoms with E-state index < -0.39 is 0 Å². The maximum Gasteiger partial charge on any atom is 0.310 e. The molecule has 6 heteroatoms. The van der Waals surface area contributed by atoms with Crippen LogP contribution >= 0.6 is 0 Å². The Hall–Kier alpha value is -1.30. The molecule has 2 aliphatic rings. The van der Waals surface area contributed by atoms with E-state index in [0.29, 0.717) is 12.5 Å². The lowest BCUT2D eigenvalue weighted by molar-refractivity contribution is -0.145. The number of likely N-dealkylation sites (tertiary alicyclic amines) is 2. The molecule has 25 heavy (non-hydrogen) atoms. The van der Waals surface area contributed by atoms with Gasteiger partial charge in [0.2, 0.25) is 0 Å². The summed E-state index contributed by atoms with van der Waals surface area (Å²) in [4.78, 5) is 21.0. The Balaban J connectivity index is 1.68. The first-order valence-corrected chi connectivity index (χ1v) is 9.84. The predicted octanol–water partition coefficient (Wildman–Crippen LogP) is 1.96. The molecule has 0 aromatic rings. The minimum atomic E-state index is -0.110. The van der Waals surface area contributed by atoms with Crippen LogP contribution in [0.15, 0.2) is 4.99 Å². The third kappa shape index (κ3) is 5.59. The van der Waals surface area contributed by atoms with Gasteiger partial charge in [-0.1, -0.05) is 13.3 Å². The van der Waals surface area contributed by atoms with Gasteiger partial charge in [0.25, 0.3) is 0 Å². The Morgan fingerprint density at radius 3 is 2.72 bits per heavy atom. The van der Waals surface area contributed by atoms with E-state index in [0.717, 1.165) is 31.5 Å². The largest absolute Gasteiger partial charge is 0.469 e. The van der Waals surface area contributed by atoms with Crippen molar-refractivity contribution in [3.8, 4) is 0 Å². The van der Waals surface area contributed by atoms with Crippen molar-refractivity contribution >= 4 is 11.9 Å². The molecular formula is C19H36N4O2. The number of hydrogen-bond acceptors (Lipinski definition) is 4. The number of ether oxygens (including phenoxy) is 1. The number of rotatable bonds is 6. The highest BCUT2D eigenvalue weighted by atomic mass is 16.5. The second kappa shape index (κ2) is 10.00. The topological polar surface area (TPSA) is 57.2 Å². The molecule has 2 rings (SSSR count). The van der Waals surface area contributed by atoms with E-state index >= 15 is 0 Å². The molecule has 2 fully saturated rings. The predicted molar refractivity (Wildman–Crippen MR) is 102 cm³/mol. The van der Waals surface area contributed by atoms with Gasteiger partial charge in [0.1, 0.15) is 0 Å². The zero-order valence-electron chi connectivity index (χ0n) is 16.5. The molecule has 6 nitrogen and oxygen atoms in total. The summed E-state index contributed by atoms with van der Waals surface area (Å²) < 4.78 is 4.92. The first kappa shape index (κ1) is 20.0. The van der Waals surface area contributed by atoms with Crippen molar-refractivity contribution in [2.75, 3.05) is 46.9 Å². The van der Waals surface area contributed by atoms with E-state index in [1.165, 1.54) is 45.9 Å². The van der Waals surface area contributed by atoms with E-state index in [4.69, 9.17) is 4.74 Å². The normalized spacial score (nSPS) is 28.2. The van der Waals surface area contributed by atoms with Crippen LogP contribution in [-0.4, -0.2) is 74.7 Å². The number of esters is 1. The summed E-state index contributed by atoms with van der Waals surface area (Å²) >= 11 is 0. The van der Waals surface area contributed by atoms with E-state index in [2.05, 4.69) is 34.0 Å². The fourth-order valence-electron chi connectivity index (χ4n) is 4.06. The van der Waals surface area contributed by atoms with Crippen LogP contribution in [0.1, 0.15) is 46.0 Å². The van der Waals surface area contributed by atoms with Crippen LogP contribution in [-0.2, 0) is 9.53 Å². The molecule has 3 unspecified atom stereocenters. The van der Waals surface area contributed by atoms with Crippen molar-refractivity contribution in [2.24, 2.45) is 16.8 Å². The summed E-state index contributed by atoms with van der Waals surface area (Å²) in [5.74, 6) is 1.04. The zero-order valence-corrected chi connectivity index (χ0v) is 16.5. The minimum absolute atomic E-state index is 0.0517. The number of aliphatic imine (C=N–C) groups is 1. The van der Waals surface area contributed by atoms with Crippen LogP contribution in [0.3, 0.4) is 0 Å². The number of piperidine rings is 1. The van der Waals surface area contributed by atoms with Crippen molar-refractivity contribution < 1.29 is 9.53 Å². The van der Waals surface area contributed by atoms with Gasteiger partial charge in [-0.15, -0.1) is 0 Å². The lowest BCUT2D eigenvalue weighted by atomic mass is 9.99. The molecule has 0 radical (unpaired) electrons. The highest BCUT2D eigenvalue weighted by Crippen LogP contribution is 2.24. The fourth-order valence-corrected chi connectivity index (χ4v) is 4.06. The summed E-state index contributed by atoms with van der Waals surface area (Å²) in [6, 6.07) is 0.746. The van der Waals surface area contributed by atoms with Gasteiger partial charge >= 0.3 is 5.97 Å². The Bertz CT molecular complexity index is 455. The number of methoxy groups -OCH3 is 1. The minimum Gasteiger partial charge on any atom is -0.469 e. The lowest BCUT2D eigenvalue weighted by Gasteiger charge is -2.33. The number of unbranched alkanes of at least 4 members (excludes halogenated alkanes) is 1. The maximum absolute atomic E-state index is 11.8. The molecular weight excluding hydrogens is 316 g/mol. The summed E-state index contributed by atoms with van der Waals surface area (Å²) in [6.45, 7) is 9.40. The summed E-state index contributed by atoms with van der Waals surface area (Å²) in [6.07, 6.45) is 6.45. The summed E-state index contributed by atoms with van der Waals surface area (Å²) in [5, 5.41) is 3.46. The van der Waals surface area contributed by atoms with Crippen molar-refractivity contribution in [3.05, 3.63) is 0 Å². The van der Waals surface area contributed by atoms with Gasteiger partial charge < -0.3 is 19.9 Å². The second-order valence-corrected chi connectivity index (χ2v) is 7.57. The van der Waals surface area contributed by atoms with Gasteiger partial charge in [-0.25, -0.2) is 0 Å². The zero-order chi connectivity index (χ0) is 18.2. The van der Waals surface area contributed by atoms with Gasteiger partial charge in [0.05, 0.1) is 13.0 Å². The average molecular weight is 353 g/mol. The molecule has 1 N–H and O–H groups in total. The SMILES string of the molecule is CN=C(NCCCCN1CCCCC1C)N1CC(C)C(C(=O)OC)C1. The molecule has 0 aromatic carbocycles. The van der Waals surface area contributed by atoms with Crippen LogP contribution < -0.4 is 5.32 Å². The van der Waals surface area contributed by atoms with Gasteiger partial charge in [-0.05, 0) is 51.6 Å². The van der Waals surface area contributed by atoms with E-state index in [9.17, 15) is 4.79 Å². The molecule has 0 bridgehead atoms. The molecule has 0 saturated carbocycles. The summed E-state index contributed by atoms with van der Waals surface area (Å²) in [5.41, 5.74) is 0. The Kier molecular flexibility index (Phi) is 8.00. The van der Waals surface area contributed by atoms with Crippen LogP contribution in [0, 0.1) is 11.8 Å². The average Bonchev–Trinajstić information content (AvgIpc) is 3.00. The number of nitrogens with one attached hydrogen (secondary N) is 1.